The summed E-state index contributed by atoms with van der Waals surface area (Å²) in [5.74, 6) is 0. The maximum atomic E-state index is 9.08. The van der Waals surface area contributed by atoms with Gasteiger partial charge in [0.1, 0.15) is 6.07 Å². The third-order valence-corrected chi connectivity index (χ3v) is 3.32. The minimum absolute atomic E-state index is 0.594. The summed E-state index contributed by atoms with van der Waals surface area (Å²) >= 11 is 9.51. The van der Waals surface area contributed by atoms with Crippen LogP contribution in [0.25, 0.3) is 0 Å². The molecule has 0 saturated heterocycles. The zero-order chi connectivity index (χ0) is 13.1. The van der Waals surface area contributed by atoms with Crippen molar-refractivity contribution in [3.8, 4) is 6.07 Å². The Balaban J connectivity index is 2.43. The van der Waals surface area contributed by atoms with Gasteiger partial charge in [0.05, 0.1) is 22.0 Å². The lowest BCUT2D eigenvalue weighted by atomic mass is 10.1. The van der Waals surface area contributed by atoms with E-state index in [0.29, 0.717) is 10.6 Å². The van der Waals surface area contributed by atoms with Crippen molar-refractivity contribution >= 4 is 38.9 Å². The molecule has 0 amide bonds. The highest BCUT2D eigenvalue weighted by Gasteiger charge is 2.06. The zero-order valence-corrected chi connectivity index (χ0v) is 12.0. The molecule has 0 aliphatic heterocycles. The van der Waals surface area contributed by atoms with Gasteiger partial charge >= 0.3 is 0 Å². The molecule has 0 bridgehead atoms. The number of hydrogen-bond acceptors (Lipinski definition) is 2. The van der Waals surface area contributed by atoms with Crippen LogP contribution >= 0.6 is 27.5 Å². The van der Waals surface area contributed by atoms with Crippen molar-refractivity contribution in [2.24, 2.45) is 0 Å². The van der Waals surface area contributed by atoms with E-state index in [1.165, 1.54) is 0 Å². The third-order valence-electron chi connectivity index (χ3n) is 2.49. The van der Waals surface area contributed by atoms with Gasteiger partial charge in [-0.2, -0.15) is 5.26 Å². The van der Waals surface area contributed by atoms with Crippen molar-refractivity contribution in [2.45, 2.75) is 6.92 Å². The van der Waals surface area contributed by atoms with Crippen LogP contribution in [0.15, 0.2) is 40.9 Å². The number of aryl methyl sites for hydroxylation is 1. The van der Waals surface area contributed by atoms with Gasteiger partial charge in [0, 0.05) is 4.47 Å². The second-order valence-corrected chi connectivity index (χ2v) is 5.23. The molecule has 0 unspecified atom stereocenters. The summed E-state index contributed by atoms with van der Waals surface area (Å²) in [6.07, 6.45) is 0. The normalized spacial score (nSPS) is 9.89. The predicted molar refractivity (Wildman–Crippen MR) is 78.3 cm³/mol. The summed E-state index contributed by atoms with van der Waals surface area (Å²) in [6, 6.07) is 13.3. The van der Waals surface area contributed by atoms with Crippen LogP contribution in [0, 0.1) is 18.3 Å². The molecule has 2 aromatic rings. The number of nitrogens with one attached hydrogen (secondary N) is 1. The first-order valence-corrected chi connectivity index (χ1v) is 6.50. The fourth-order valence-electron chi connectivity index (χ4n) is 1.60. The lowest BCUT2D eigenvalue weighted by molar-refractivity contribution is 1.41. The highest BCUT2D eigenvalue weighted by atomic mass is 79.9. The van der Waals surface area contributed by atoms with Crippen LogP contribution < -0.4 is 5.32 Å². The standard InChI is InChI=1S/C14H10BrClN2/c1-9-2-3-10(8-17)13(6-9)18-14-7-11(15)4-5-12(14)16/h2-7,18H,1H3. The first-order valence-electron chi connectivity index (χ1n) is 5.33. The van der Waals surface area contributed by atoms with E-state index in [1.807, 2.05) is 31.2 Å². The van der Waals surface area contributed by atoms with Crippen molar-refractivity contribution in [2.75, 3.05) is 5.32 Å². The Morgan fingerprint density at radius 1 is 1.17 bits per heavy atom. The third kappa shape index (κ3) is 2.84. The van der Waals surface area contributed by atoms with E-state index < -0.39 is 0 Å². The molecule has 2 nitrogen and oxygen atoms in total. The van der Waals surface area contributed by atoms with Gasteiger partial charge in [-0.3, -0.25) is 0 Å². The Hall–Kier alpha value is -1.50. The van der Waals surface area contributed by atoms with E-state index in [9.17, 15) is 0 Å². The number of nitrogens with zero attached hydrogens (tertiary/aromatic N) is 1. The van der Waals surface area contributed by atoms with Crippen LogP contribution in [0.3, 0.4) is 0 Å². The Bertz CT molecular complexity index is 632. The molecule has 0 atom stereocenters. The van der Waals surface area contributed by atoms with Crippen LogP contribution in [0.4, 0.5) is 11.4 Å². The van der Waals surface area contributed by atoms with Crippen molar-refractivity contribution < 1.29 is 0 Å². The second kappa shape index (κ2) is 5.43. The van der Waals surface area contributed by atoms with E-state index in [-0.39, 0.29) is 0 Å². The molecular formula is C14H10BrClN2. The molecule has 2 aromatic carbocycles. The van der Waals surface area contributed by atoms with E-state index in [0.717, 1.165) is 21.4 Å². The van der Waals surface area contributed by atoms with Gasteiger partial charge in [-0.15, -0.1) is 0 Å². The molecular weight excluding hydrogens is 312 g/mol. The largest absolute Gasteiger partial charge is 0.353 e. The monoisotopic (exact) mass is 320 g/mol. The van der Waals surface area contributed by atoms with E-state index in [2.05, 4.69) is 27.3 Å². The maximum absolute atomic E-state index is 9.08. The number of anilines is 2. The van der Waals surface area contributed by atoms with Gasteiger partial charge < -0.3 is 5.32 Å². The Morgan fingerprint density at radius 2 is 1.94 bits per heavy atom. The highest BCUT2D eigenvalue weighted by molar-refractivity contribution is 9.10. The Kier molecular flexibility index (Phi) is 3.90. The average molecular weight is 322 g/mol. The summed E-state index contributed by atoms with van der Waals surface area (Å²) in [7, 11) is 0. The molecule has 0 spiro atoms. The Morgan fingerprint density at radius 3 is 2.67 bits per heavy atom. The molecule has 18 heavy (non-hydrogen) atoms. The summed E-state index contributed by atoms with van der Waals surface area (Å²) in [5.41, 5.74) is 3.21. The molecule has 1 N–H and O–H groups in total. The van der Waals surface area contributed by atoms with Gasteiger partial charge in [-0.25, -0.2) is 0 Å². The molecule has 90 valence electrons. The second-order valence-electron chi connectivity index (χ2n) is 3.91. The van der Waals surface area contributed by atoms with Crippen LogP contribution in [-0.4, -0.2) is 0 Å². The molecule has 0 heterocycles. The summed E-state index contributed by atoms with van der Waals surface area (Å²) in [6.45, 7) is 1.98. The first-order chi connectivity index (χ1) is 8.60. The summed E-state index contributed by atoms with van der Waals surface area (Å²) in [4.78, 5) is 0. The molecule has 4 heteroatoms. The number of halogens is 2. The predicted octanol–water partition coefficient (Wildman–Crippen LogP) is 5.03. The van der Waals surface area contributed by atoms with Crippen LogP contribution in [0.5, 0.6) is 0 Å². The van der Waals surface area contributed by atoms with Crippen LogP contribution in [0.1, 0.15) is 11.1 Å². The number of nitriles is 1. The molecule has 0 fully saturated rings. The van der Waals surface area contributed by atoms with Crippen molar-refractivity contribution in [1.82, 2.24) is 0 Å². The van der Waals surface area contributed by atoms with E-state index in [1.54, 1.807) is 12.1 Å². The van der Waals surface area contributed by atoms with Gasteiger partial charge in [0.2, 0.25) is 0 Å². The summed E-state index contributed by atoms with van der Waals surface area (Å²) < 4.78 is 0.931. The molecule has 0 radical (unpaired) electrons. The van der Waals surface area contributed by atoms with Crippen molar-refractivity contribution in [3.05, 3.63) is 57.0 Å². The first kappa shape index (κ1) is 12.9. The zero-order valence-electron chi connectivity index (χ0n) is 9.67. The van der Waals surface area contributed by atoms with Crippen molar-refractivity contribution in [1.29, 1.82) is 5.26 Å². The highest BCUT2D eigenvalue weighted by Crippen LogP contribution is 2.30. The van der Waals surface area contributed by atoms with E-state index >= 15 is 0 Å². The van der Waals surface area contributed by atoms with Gasteiger partial charge in [-0.05, 0) is 42.8 Å². The smallest absolute Gasteiger partial charge is 0.101 e. The fraction of sp³-hybridized carbons (Fsp3) is 0.0714. The molecule has 0 aliphatic carbocycles. The topological polar surface area (TPSA) is 35.8 Å². The van der Waals surface area contributed by atoms with Gasteiger partial charge in [-0.1, -0.05) is 33.6 Å². The number of benzene rings is 2. The lowest BCUT2D eigenvalue weighted by Crippen LogP contribution is -1.95. The van der Waals surface area contributed by atoms with Crippen LogP contribution in [0.2, 0.25) is 5.02 Å². The number of hydrogen-bond donors (Lipinski definition) is 1. The Labute approximate surface area is 119 Å². The van der Waals surface area contributed by atoms with E-state index in [4.69, 9.17) is 16.9 Å². The molecule has 0 saturated carbocycles. The quantitative estimate of drug-likeness (QED) is 0.842. The fourth-order valence-corrected chi connectivity index (χ4v) is 2.12. The lowest BCUT2D eigenvalue weighted by Gasteiger charge is -2.11. The van der Waals surface area contributed by atoms with Gasteiger partial charge in [0.25, 0.3) is 0 Å². The minimum atomic E-state index is 0.594. The molecule has 2 rings (SSSR count). The SMILES string of the molecule is Cc1ccc(C#N)c(Nc2cc(Br)ccc2Cl)c1. The average Bonchev–Trinajstić information content (AvgIpc) is 2.34. The van der Waals surface area contributed by atoms with Gasteiger partial charge in [0.15, 0.2) is 0 Å². The summed E-state index contributed by atoms with van der Waals surface area (Å²) in [5, 5.41) is 12.9. The molecule has 0 aliphatic rings. The minimum Gasteiger partial charge on any atom is -0.353 e. The van der Waals surface area contributed by atoms with Crippen LogP contribution in [-0.2, 0) is 0 Å². The van der Waals surface area contributed by atoms with Crippen molar-refractivity contribution in [3.63, 3.8) is 0 Å². The number of rotatable bonds is 2. The molecule has 0 aromatic heterocycles. The maximum Gasteiger partial charge on any atom is 0.101 e.